The second-order valence-electron chi connectivity index (χ2n) is 4.27. The summed E-state index contributed by atoms with van der Waals surface area (Å²) in [5.74, 6) is -1.51. The molecule has 0 aromatic carbocycles. The average Bonchev–Trinajstić information content (AvgIpc) is 2.95. The first-order valence-electron chi connectivity index (χ1n) is 5.03. The van der Waals surface area contributed by atoms with E-state index in [-0.39, 0.29) is 12.2 Å². The van der Waals surface area contributed by atoms with Gasteiger partial charge < -0.3 is 9.52 Å². The van der Waals surface area contributed by atoms with Gasteiger partial charge in [-0.05, 0) is 25.7 Å². The quantitative estimate of drug-likeness (QED) is 0.833. The van der Waals surface area contributed by atoms with E-state index in [1.54, 1.807) is 0 Å². The molecule has 0 spiro atoms. The Morgan fingerprint density at radius 1 is 1.47 bits per heavy atom. The van der Waals surface area contributed by atoms with Crippen molar-refractivity contribution in [2.24, 2.45) is 5.92 Å². The molecule has 1 atom stereocenters. The third-order valence-corrected chi connectivity index (χ3v) is 2.83. The van der Waals surface area contributed by atoms with Crippen molar-refractivity contribution in [1.82, 2.24) is 4.98 Å². The summed E-state index contributed by atoms with van der Waals surface area (Å²) in [6.45, 7) is 1.34. The average molecular weight is 249 g/mol. The van der Waals surface area contributed by atoms with E-state index in [0.717, 1.165) is 0 Å². The van der Waals surface area contributed by atoms with Crippen molar-refractivity contribution in [2.45, 2.75) is 31.5 Å². The Hall–Kier alpha value is -1.37. The van der Waals surface area contributed by atoms with Crippen LogP contribution in [-0.4, -0.2) is 16.4 Å². The van der Waals surface area contributed by atoms with E-state index < -0.39 is 29.1 Å². The Morgan fingerprint density at radius 2 is 2.06 bits per heavy atom. The summed E-state index contributed by atoms with van der Waals surface area (Å²) in [5.41, 5.74) is -2.94. The lowest BCUT2D eigenvalue weighted by atomic mass is 10.0. The number of hydrogen-bond acceptors (Lipinski definition) is 4. The molecular weight excluding hydrogens is 239 g/mol. The van der Waals surface area contributed by atoms with Gasteiger partial charge in [0.25, 0.3) is 0 Å². The highest BCUT2D eigenvalue weighted by Gasteiger charge is 2.47. The summed E-state index contributed by atoms with van der Waals surface area (Å²) in [6, 6.07) is 0. The highest BCUT2D eigenvalue weighted by atomic mass is 19.4. The summed E-state index contributed by atoms with van der Waals surface area (Å²) in [4.78, 5) is 13.7. The van der Waals surface area contributed by atoms with Crippen LogP contribution in [0.1, 0.15) is 41.9 Å². The van der Waals surface area contributed by atoms with Gasteiger partial charge in [-0.2, -0.15) is 13.2 Å². The van der Waals surface area contributed by atoms with Gasteiger partial charge >= 0.3 is 6.18 Å². The Bertz CT molecular complexity index is 446. The molecule has 17 heavy (non-hydrogen) atoms. The van der Waals surface area contributed by atoms with Crippen LogP contribution in [0.3, 0.4) is 0 Å². The summed E-state index contributed by atoms with van der Waals surface area (Å²) < 4.78 is 42.2. The second-order valence-corrected chi connectivity index (χ2v) is 4.27. The molecule has 1 fully saturated rings. The van der Waals surface area contributed by atoms with E-state index >= 15 is 0 Å². The van der Waals surface area contributed by atoms with Crippen LogP contribution in [0.15, 0.2) is 4.42 Å². The number of oxazole rings is 1. The van der Waals surface area contributed by atoms with Crippen LogP contribution < -0.4 is 0 Å². The molecular formula is C10H10F3NO3. The maximum Gasteiger partial charge on any atom is 0.437 e. The van der Waals surface area contributed by atoms with Crippen LogP contribution in [0.2, 0.25) is 0 Å². The number of carbonyl (C=O) groups excluding carboxylic acids is 1. The van der Waals surface area contributed by atoms with E-state index in [1.165, 1.54) is 6.92 Å². The van der Waals surface area contributed by atoms with E-state index in [9.17, 15) is 23.1 Å². The fourth-order valence-electron chi connectivity index (χ4n) is 1.65. The summed E-state index contributed by atoms with van der Waals surface area (Å²) in [7, 11) is 0. The highest BCUT2D eigenvalue weighted by Crippen LogP contribution is 2.46. The van der Waals surface area contributed by atoms with Gasteiger partial charge in [0.05, 0.1) is 0 Å². The summed E-state index contributed by atoms with van der Waals surface area (Å²) in [6.07, 6.45) is -3.42. The molecule has 0 radical (unpaired) electrons. The Balaban J connectivity index is 2.44. The molecule has 0 amide bonds. The van der Waals surface area contributed by atoms with Gasteiger partial charge in [0.2, 0.25) is 5.89 Å². The van der Waals surface area contributed by atoms with Gasteiger partial charge in [0.15, 0.2) is 17.7 Å². The third kappa shape index (κ3) is 2.06. The molecule has 2 rings (SSSR count). The Labute approximate surface area is 94.4 Å². The minimum atomic E-state index is -4.77. The zero-order valence-electron chi connectivity index (χ0n) is 8.91. The first-order chi connectivity index (χ1) is 7.76. The molecule has 1 aromatic rings. The molecule has 4 nitrogen and oxygen atoms in total. The van der Waals surface area contributed by atoms with Crippen LogP contribution in [0.25, 0.3) is 0 Å². The van der Waals surface area contributed by atoms with Crippen molar-refractivity contribution < 1.29 is 27.5 Å². The lowest BCUT2D eigenvalue weighted by molar-refractivity contribution is -0.141. The zero-order chi connectivity index (χ0) is 12.8. The lowest BCUT2D eigenvalue weighted by Crippen LogP contribution is -2.24. The topological polar surface area (TPSA) is 63.3 Å². The number of hydrogen-bond donors (Lipinski definition) is 1. The van der Waals surface area contributed by atoms with Crippen molar-refractivity contribution >= 4 is 6.29 Å². The van der Waals surface area contributed by atoms with E-state index in [2.05, 4.69) is 4.98 Å². The monoisotopic (exact) mass is 249 g/mol. The number of nitrogens with zero attached hydrogens (tertiary/aromatic N) is 1. The molecule has 7 heteroatoms. The van der Waals surface area contributed by atoms with Crippen molar-refractivity contribution in [1.29, 1.82) is 0 Å². The first kappa shape index (κ1) is 12.1. The fraction of sp³-hybridized carbons (Fsp3) is 0.600. The normalized spacial score (nSPS) is 20.1. The van der Waals surface area contributed by atoms with Gasteiger partial charge in [-0.3, -0.25) is 4.79 Å². The summed E-state index contributed by atoms with van der Waals surface area (Å²) in [5, 5.41) is 9.99. The number of aromatic nitrogens is 1. The van der Waals surface area contributed by atoms with Gasteiger partial charge in [-0.1, -0.05) is 0 Å². The molecule has 0 bridgehead atoms. The van der Waals surface area contributed by atoms with Crippen LogP contribution in [0.4, 0.5) is 13.2 Å². The molecule has 1 saturated carbocycles. The van der Waals surface area contributed by atoms with Gasteiger partial charge in [-0.15, -0.1) is 0 Å². The number of aliphatic hydroxyl groups is 1. The zero-order valence-corrected chi connectivity index (χ0v) is 8.91. The predicted octanol–water partition coefficient (Wildman–Crippen LogP) is 2.12. The van der Waals surface area contributed by atoms with Gasteiger partial charge in [0.1, 0.15) is 5.60 Å². The van der Waals surface area contributed by atoms with Crippen molar-refractivity contribution in [3.05, 3.63) is 17.3 Å². The predicted molar refractivity (Wildman–Crippen MR) is 49.2 cm³/mol. The second kappa shape index (κ2) is 3.56. The van der Waals surface area contributed by atoms with E-state index in [1.807, 2.05) is 0 Å². The number of aldehydes is 1. The molecule has 1 heterocycles. The summed E-state index contributed by atoms with van der Waals surface area (Å²) >= 11 is 0. The first-order valence-corrected chi connectivity index (χ1v) is 5.03. The smallest absolute Gasteiger partial charge is 0.434 e. The van der Waals surface area contributed by atoms with Gasteiger partial charge in [0, 0.05) is 0 Å². The molecule has 1 N–H and O–H groups in total. The molecule has 1 aromatic heterocycles. The molecule has 0 saturated heterocycles. The van der Waals surface area contributed by atoms with Crippen molar-refractivity contribution in [2.75, 3.05) is 0 Å². The van der Waals surface area contributed by atoms with Crippen LogP contribution >= 0.6 is 0 Å². The van der Waals surface area contributed by atoms with Crippen LogP contribution in [0.5, 0.6) is 0 Å². The number of carbonyl (C=O) groups is 1. The minimum absolute atomic E-state index is 0.0533. The Morgan fingerprint density at radius 3 is 2.41 bits per heavy atom. The third-order valence-electron chi connectivity index (χ3n) is 2.83. The molecule has 0 aliphatic heterocycles. The lowest BCUT2D eigenvalue weighted by Gasteiger charge is -2.17. The van der Waals surface area contributed by atoms with Crippen molar-refractivity contribution in [3.8, 4) is 0 Å². The number of rotatable bonds is 3. The maximum absolute atomic E-state index is 12.5. The maximum atomic E-state index is 12.5. The molecule has 94 valence electrons. The molecule has 1 unspecified atom stereocenters. The van der Waals surface area contributed by atoms with Crippen molar-refractivity contribution in [3.63, 3.8) is 0 Å². The minimum Gasteiger partial charge on any atom is -0.434 e. The molecule has 1 aliphatic carbocycles. The molecule has 1 aliphatic rings. The van der Waals surface area contributed by atoms with E-state index in [4.69, 9.17) is 4.42 Å². The van der Waals surface area contributed by atoms with Crippen LogP contribution in [0, 0.1) is 5.92 Å². The van der Waals surface area contributed by atoms with Crippen LogP contribution in [-0.2, 0) is 11.8 Å². The largest absolute Gasteiger partial charge is 0.437 e. The van der Waals surface area contributed by atoms with E-state index in [0.29, 0.717) is 12.8 Å². The standard InChI is InChI=1S/C10H10F3NO3/c1-9(16,5-2-3-5)8-14-7(10(11,12)13)6(4-15)17-8/h4-5,16H,2-3H2,1H3. The van der Waals surface area contributed by atoms with Gasteiger partial charge in [-0.25, -0.2) is 4.98 Å². The SMILES string of the molecule is CC(O)(c1nc(C(F)(F)F)c(C=O)o1)C1CC1. The fourth-order valence-corrected chi connectivity index (χ4v) is 1.65. The Kier molecular flexibility index (Phi) is 2.53. The number of halogens is 3. The highest BCUT2D eigenvalue weighted by molar-refractivity contribution is 5.72. The number of alkyl halides is 3.